The minimum Gasteiger partial charge on any atom is -0.321 e. The highest BCUT2D eigenvalue weighted by molar-refractivity contribution is 7.56. The molecule has 0 bridgehead atoms. The number of allylic oxidation sites excluding steroid dienone is 5. The van der Waals surface area contributed by atoms with Crippen LogP contribution in [-0.4, -0.2) is 9.79 Å². The van der Waals surface area contributed by atoms with E-state index < -0.39 is 7.60 Å². The van der Waals surface area contributed by atoms with E-state index in [2.05, 4.69) is 6.58 Å². The Kier molecular flexibility index (Phi) is 5.63. The Morgan fingerprint density at radius 3 is 2.46 bits per heavy atom. The zero-order valence-corrected chi connectivity index (χ0v) is 8.58. The predicted molar refractivity (Wildman–Crippen MR) is 54.4 cm³/mol. The Morgan fingerprint density at radius 2 is 2.08 bits per heavy atom. The third kappa shape index (κ3) is 5.58. The largest absolute Gasteiger partial charge is 0.355 e. The van der Waals surface area contributed by atoms with Crippen molar-refractivity contribution in [3.8, 4) is 0 Å². The quantitative estimate of drug-likeness (QED) is 0.409. The molecule has 0 aliphatic rings. The van der Waals surface area contributed by atoms with Crippen LogP contribution in [0.5, 0.6) is 0 Å². The van der Waals surface area contributed by atoms with Crippen molar-refractivity contribution < 1.29 is 14.4 Å². The summed E-state index contributed by atoms with van der Waals surface area (Å²) in [5.74, 6) is 0. The highest BCUT2D eigenvalue weighted by Crippen LogP contribution is 2.45. The van der Waals surface area contributed by atoms with Gasteiger partial charge in [-0.05, 0) is 12.8 Å². The minimum absolute atomic E-state index is 0.00625. The van der Waals surface area contributed by atoms with Crippen molar-refractivity contribution in [2.75, 3.05) is 0 Å². The van der Waals surface area contributed by atoms with Gasteiger partial charge in [0.15, 0.2) is 0 Å². The van der Waals surface area contributed by atoms with Gasteiger partial charge in [0.2, 0.25) is 0 Å². The SMILES string of the molecule is C=C/C(=C\C/C=C\CC)P(=O)(O)O. The van der Waals surface area contributed by atoms with Crippen molar-refractivity contribution in [2.24, 2.45) is 0 Å². The first-order valence-corrected chi connectivity index (χ1v) is 5.67. The van der Waals surface area contributed by atoms with E-state index in [0.29, 0.717) is 6.42 Å². The van der Waals surface area contributed by atoms with Crippen LogP contribution in [0.15, 0.2) is 36.2 Å². The second-order valence-electron chi connectivity index (χ2n) is 2.49. The highest BCUT2D eigenvalue weighted by atomic mass is 31.2. The van der Waals surface area contributed by atoms with Gasteiger partial charge >= 0.3 is 7.60 Å². The van der Waals surface area contributed by atoms with Crippen LogP contribution in [0.25, 0.3) is 0 Å². The molecule has 0 radical (unpaired) electrons. The Morgan fingerprint density at radius 1 is 1.46 bits per heavy atom. The van der Waals surface area contributed by atoms with E-state index in [1.165, 1.54) is 12.2 Å². The minimum atomic E-state index is -4.12. The molecule has 0 spiro atoms. The van der Waals surface area contributed by atoms with Crippen LogP contribution in [-0.2, 0) is 4.57 Å². The third-order valence-corrected chi connectivity index (χ3v) is 2.45. The van der Waals surface area contributed by atoms with Crippen LogP contribution in [0.2, 0.25) is 0 Å². The maximum atomic E-state index is 10.8. The summed E-state index contributed by atoms with van der Waals surface area (Å²) in [5, 5.41) is -0.00625. The fourth-order valence-corrected chi connectivity index (χ4v) is 1.35. The molecule has 0 aromatic heterocycles. The van der Waals surface area contributed by atoms with Gasteiger partial charge in [0.1, 0.15) is 0 Å². The number of hydrogen-bond acceptors (Lipinski definition) is 1. The van der Waals surface area contributed by atoms with E-state index in [1.807, 2.05) is 19.1 Å². The van der Waals surface area contributed by atoms with Crippen LogP contribution in [0.1, 0.15) is 19.8 Å². The average molecular weight is 202 g/mol. The fraction of sp³-hybridized carbons (Fsp3) is 0.333. The molecule has 0 rings (SSSR count). The van der Waals surface area contributed by atoms with E-state index in [9.17, 15) is 4.57 Å². The van der Waals surface area contributed by atoms with Gasteiger partial charge in [0.05, 0.1) is 5.31 Å². The summed E-state index contributed by atoms with van der Waals surface area (Å²) in [6, 6.07) is 0. The molecule has 2 N–H and O–H groups in total. The maximum Gasteiger partial charge on any atom is 0.355 e. The molecule has 74 valence electrons. The van der Waals surface area contributed by atoms with E-state index in [-0.39, 0.29) is 5.31 Å². The lowest BCUT2D eigenvalue weighted by atomic mass is 10.3. The van der Waals surface area contributed by atoms with Gasteiger partial charge in [-0.25, -0.2) is 0 Å². The van der Waals surface area contributed by atoms with Crippen molar-refractivity contribution in [3.63, 3.8) is 0 Å². The Labute approximate surface area is 78.6 Å². The lowest BCUT2D eigenvalue weighted by molar-refractivity contribution is 0.383. The van der Waals surface area contributed by atoms with Crippen LogP contribution in [0.3, 0.4) is 0 Å². The van der Waals surface area contributed by atoms with E-state index in [0.717, 1.165) is 6.42 Å². The first kappa shape index (κ1) is 12.4. The molecular weight excluding hydrogens is 187 g/mol. The second-order valence-corrected chi connectivity index (χ2v) is 4.10. The Balaban J connectivity index is 4.34. The molecule has 0 aromatic carbocycles. The lowest BCUT2D eigenvalue weighted by Gasteiger charge is -2.02. The molecular formula is C9H15O3P. The topological polar surface area (TPSA) is 57.5 Å². The maximum absolute atomic E-state index is 10.8. The van der Waals surface area contributed by atoms with E-state index in [1.54, 1.807) is 0 Å². The summed E-state index contributed by atoms with van der Waals surface area (Å²) in [5.41, 5.74) is 0. The summed E-state index contributed by atoms with van der Waals surface area (Å²) in [6.45, 7) is 5.34. The normalized spacial score (nSPS) is 13.6. The fourth-order valence-electron chi connectivity index (χ4n) is 0.773. The molecule has 0 unspecified atom stereocenters. The Bertz CT molecular complexity index is 260. The van der Waals surface area contributed by atoms with Crippen LogP contribution in [0.4, 0.5) is 0 Å². The summed E-state index contributed by atoms with van der Waals surface area (Å²) < 4.78 is 10.8. The zero-order chi connectivity index (χ0) is 10.3. The Hall–Kier alpha value is -0.630. The molecule has 0 amide bonds. The molecule has 0 aliphatic heterocycles. The summed E-state index contributed by atoms with van der Waals surface area (Å²) in [6.07, 6.45) is 7.93. The van der Waals surface area contributed by atoms with Crippen molar-refractivity contribution in [1.29, 1.82) is 0 Å². The van der Waals surface area contributed by atoms with Gasteiger partial charge in [0.25, 0.3) is 0 Å². The summed E-state index contributed by atoms with van der Waals surface area (Å²) in [7, 11) is -4.12. The van der Waals surface area contributed by atoms with E-state index >= 15 is 0 Å². The zero-order valence-electron chi connectivity index (χ0n) is 7.68. The van der Waals surface area contributed by atoms with Crippen LogP contribution in [0, 0.1) is 0 Å². The molecule has 0 heterocycles. The van der Waals surface area contributed by atoms with E-state index in [4.69, 9.17) is 9.79 Å². The first-order valence-electron chi connectivity index (χ1n) is 4.06. The number of hydrogen-bond donors (Lipinski definition) is 2. The third-order valence-electron chi connectivity index (χ3n) is 1.41. The molecule has 3 nitrogen and oxygen atoms in total. The molecule has 0 aromatic rings. The monoisotopic (exact) mass is 202 g/mol. The van der Waals surface area contributed by atoms with Gasteiger partial charge in [-0.15, -0.1) is 0 Å². The molecule has 0 fully saturated rings. The highest BCUT2D eigenvalue weighted by Gasteiger charge is 2.16. The van der Waals surface area contributed by atoms with Gasteiger partial charge in [-0.3, -0.25) is 4.57 Å². The lowest BCUT2D eigenvalue weighted by Crippen LogP contribution is -1.80. The van der Waals surface area contributed by atoms with Crippen LogP contribution < -0.4 is 0 Å². The predicted octanol–water partition coefficient (Wildman–Crippen LogP) is 2.59. The second kappa shape index (κ2) is 5.92. The van der Waals surface area contributed by atoms with Crippen molar-refractivity contribution in [3.05, 3.63) is 36.2 Å². The van der Waals surface area contributed by atoms with Gasteiger partial charge < -0.3 is 9.79 Å². The number of rotatable bonds is 5. The van der Waals surface area contributed by atoms with Crippen molar-refractivity contribution in [2.45, 2.75) is 19.8 Å². The molecule has 13 heavy (non-hydrogen) atoms. The van der Waals surface area contributed by atoms with Gasteiger partial charge in [0, 0.05) is 0 Å². The van der Waals surface area contributed by atoms with Crippen LogP contribution >= 0.6 is 7.60 Å². The summed E-state index contributed by atoms with van der Waals surface area (Å²) >= 11 is 0. The molecule has 0 atom stereocenters. The molecule has 0 saturated carbocycles. The summed E-state index contributed by atoms with van der Waals surface area (Å²) in [4.78, 5) is 17.6. The molecule has 0 saturated heterocycles. The standard InChI is InChI=1S/C9H15O3P/c1-3-5-6-7-8-9(4-2)13(10,11)12/h4-6,8H,2-3,7H2,1H3,(H2,10,11,12)/b6-5-,9-8+. The molecule has 4 heteroatoms. The first-order chi connectivity index (χ1) is 6.02. The van der Waals surface area contributed by atoms with Crippen molar-refractivity contribution in [1.82, 2.24) is 0 Å². The average Bonchev–Trinajstić information content (AvgIpc) is 2.02. The van der Waals surface area contributed by atoms with Gasteiger partial charge in [-0.2, -0.15) is 0 Å². The molecule has 0 aliphatic carbocycles. The van der Waals surface area contributed by atoms with Gasteiger partial charge in [-0.1, -0.05) is 37.8 Å². The smallest absolute Gasteiger partial charge is 0.321 e. The van der Waals surface area contributed by atoms with Crippen molar-refractivity contribution >= 4 is 7.60 Å².